The molecule has 0 aromatic carbocycles. The lowest BCUT2D eigenvalue weighted by Crippen LogP contribution is -2.46. The molecule has 1 fully saturated rings. The van der Waals surface area contributed by atoms with Crippen LogP contribution in [0.4, 0.5) is 0 Å². The van der Waals surface area contributed by atoms with E-state index in [9.17, 15) is 0 Å². The smallest absolute Gasteiger partial charge is 0.379 e. The molecule has 133 valence electrons. The third-order valence-corrected chi connectivity index (χ3v) is 6.20. The molecule has 0 amide bonds. The van der Waals surface area contributed by atoms with Crippen molar-refractivity contribution >= 4 is 21.4 Å². The van der Waals surface area contributed by atoms with Gasteiger partial charge in [0.15, 0.2) is 0 Å². The molecule has 0 saturated carbocycles. The molecule has 1 aliphatic heterocycles. The molecular formula is C15H33O5SSi. The van der Waals surface area contributed by atoms with Crippen LogP contribution in [0.15, 0.2) is 0 Å². The van der Waals surface area contributed by atoms with Crippen LogP contribution in [0.25, 0.3) is 0 Å². The molecule has 0 N–H and O–H groups in total. The molecule has 5 nitrogen and oxygen atoms in total. The topological polar surface area (TPSA) is 49.5 Å². The largest absolute Gasteiger partial charge is 0.501 e. The van der Waals surface area contributed by atoms with E-state index in [2.05, 4.69) is 19.6 Å². The molecular weight excluding hydrogens is 320 g/mol. The predicted molar refractivity (Wildman–Crippen MR) is 94.4 cm³/mol. The monoisotopic (exact) mass is 353 g/mol. The van der Waals surface area contributed by atoms with Crippen molar-refractivity contribution in [1.82, 2.24) is 0 Å². The van der Waals surface area contributed by atoms with Crippen LogP contribution in [0.1, 0.15) is 33.6 Å². The second-order valence-corrected chi connectivity index (χ2v) is 7.87. The van der Waals surface area contributed by atoms with E-state index in [1.165, 1.54) is 0 Å². The number of epoxide rings is 1. The maximum absolute atomic E-state index is 5.76. The fourth-order valence-electron chi connectivity index (χ4n) is 1.77. The van der Waals surface area contributed by atoms with E-state index in [4.69, 9.17) is 22.8 Å². The van der Waals surface area contributed by atoms with Crippen LogP contribution >= 0.6 is 12.6 Å². The molecule has 1 radical (unpaired) electrons. The first-order valence-corrected chi connectivity index (χ1v) is 10.8. The minimum atomic E-state index is -2.47. The van der Waals surface area contributed by atoms with Gasteiger partial charge in [-0.15, -0.1) is 0 Å². The van der Waals surface area contributed by atoms with E-state index >= 15 is 0 Å². The standard InChI is InChI=1S/C12H26O5Si.C3H7S/c1-4-15-18(16-5-2,17-6-3)9-7-8-13-10-12-11-14-12;1-2-3-4/h12H,4-11H2,1-3H3;4H,1-3H2. The van der Waals surface area contributed by atoms with E-state index < -0.39 is 8.80 Å². The van der Waals surface area contributed by atoms with Crippen LogP contribution in [0.2, 0.25) is 6.04 Å². The van der Waals surface area contributed by atoms with Crippen LogP contribution in [-0.4, -0.2) is 60.3 Å². The zero-order valence-electron chi connectivity index (χ0n) is 14.3. The molecule has 1 unspecified atom stereocenters. The van der Waals surface area contributed by atoms with Gasteiger partial charge in [-0.3, -0.25) is 0 Å². The molecule has 0 bridgehead atoms. The van der Waals surface area contributed by atoms with E-state index in [1.54, 1.807) is 0 Å². The van der Waals surface area contributed by atoms with Crippen LogP contribution < -0.4 is 0 Å². The number of hydrogen-bond donors (Lipinski definition) is 1. The second kappa shape index (κ2) is 14.9. The first kappa shape index (κ1) is 22.4. The Morgan fingerprint density at radius 3 is 2.00 bits per heavy atom. The molecule has 1 rings (SSSR count). The maximum atomic E-state index is 5.76. The summed E-state index contributed by atoms with van der Waals surface area (Å²) in [5.74, 6) is 0.903. The Balaban J connectivity index is 0.000000980. The number of thiol groups is 1. The van der Waals surface area contributed by atoms with Crippen molar-refractivity contribution in [2.45, 2.75) is 45.8 Å². The van der Waals surface area contributed by atoms with Gasteiger partial charge in [0.25, 0.3) is 0 Å². The molecule has 0 aromatic rings. The van der Waals surface area contributed by atoms with Gasteiger partial charge in [-0.2, -0.15) is 12.6 Å². The molecule has 1 aliphatic rings. The van der Waals surface area contributed by atoms with Crippen LogP contribution in [-0.2, 0) is 22.8 Å². The third kappa shape index (κ3) is 11.9. The first-order valence-electron chi connectivity index (χ1n) is 8.19. The molecule has 1 saturated heterocycles. The van der Waals surface area contributed by atoms with Crippen LogP contribution in [0.5, 0.6) is 0 Å². The Bertz CT molecular complexity index is 223. The summed E-state index contributed by atoms with van der Waals surface area (Å²) in [7, 11) is -2.47. The fraction of sp³-hybridized carbons (Fsp3) is 0.933. The maximum Gasteiger partial charge on any atom is 0.501 e. The highest BCUT2D eigenvalue weighted by atomic mass is 32.1. The van der Waals surface area contributed by atoms with E-state index in [1.807, 2.05) is 20.8 Å². The predicted octanol–water partition coefficient (Wildman–Crippen LogP) is 2.98. The van der Waals surface area contributed by atoms with Crippen molar-refractivity contribution in [3.05, 3.63) is 6.92 Å². The van der Waals surface area contributed by atoms with Crippen molar-refractivity contribution in [3.63, 3.8) is 0 Å². The van der Waals surface area contributed by atoms with Gasteiger partial charge in [0, 0.05) is 32.5 Å². The van der Waals surface area contributed by atoms with E-state index in [0.29, 0.717) is 39.1 Å². The molecule has 0 aliphatic carbocycles. The summed E-state index contributed by atoms with van der Waals surface area (Å²) in [6.07, 6.45) is 2.17. The number of rotatable bonds is 13. The average Bonchev–Trinajstić information content (AvgIpc) is 3.32. The Morgan fingerprint density at radius 2 is 1.64 bits per heavy atom. The molecule has 1 atom stereocenters. The Morgan fingerprint density at radius 1 is 1.14 bits per heavy atom. The highest BCUT2D eigenvalue weighted by Crippen LogP contribution is 2.18. The Labute approximate surface area is 142 Å². The average molecular weight is 354 g/mol. The van der Waals surface area contributed by atoms with Gasteiger partial charge in [-0.1, -0.05) is 6.92 Å². The van der Waals surface area contributed by atoms with Crippen LogP contribution in [0.3, 0.4) is 0 Å². The van der Waals surface area contributed by atoms with Gasteiger partial charge in [0.2, 0.25) is 0 Å². The number of hydrogen-bond acceptors (Lipinski definition) is 6. The summed E-state index contributed by atoms with van der Waals surface area (Å²) in [6.45, 7) is 13.6. The van der Waals surface area contributed by atoms with Gasteiger partial charge in [0.1, 0.15) is 6.10 Å². The van der Waals surface area contributed by atoms with Crippen molar-refractivity contribution in [3.8, 4) is 0 Å². The van der Waals surface area contributed by atoms with Crippen molar-refractivity contribution in [2.75, 3.05) is 45.4 Å². The summed E-state index contributed by atoms with van der Waals surface area (Å²) in [4.78, 5) is 0. The van der Waals surface area contributed by atoms with E-state index in [0.717, 1.165) is 31.2 Å². The Kier molecular flexibility index (Phi) is 15.2. The summed E-state index contributed by atoms with van der Waals surface area (Å²) in [5, 5.41) is 0. The summed E-state index contributed by atoms with van der Waals surface area (Å²) in [5.41, 5.74) is 0. The molecule has 22 heavy (non-hydrogen) atoms. The summed E-state index contributed by atoms with van der Waals surface area (Å²) in [6, 6.07) is 0.814. The quantitative estimate of drug-likeness (QED) is 0.239. The van der Waals surface area contributed by atoms with Gasteiger partial charge in [-0.25, -0.2) is 0 Å². The minimum Gasteiger partial charge on any atom is -0.379 e. The lowest BCUT2D eigenvalue weighted by atomic mass is 10.5. The third-order valence-electron chi connectivity index (χ3n) is 2.73. The minimum absolute atomic E-state index is 0.331. The van der Waals surface area contributed by atoms with Gasteiger partial charge < -0.3 is 22.8 Å². The highest BCUT2D eigenvalue weighted by molar-refractivity contribution is 7.80. The first-order chi connectivity index (χ1) is 10.7. The van der Waals surface area contributed by atoms with Crippen molar-refractivity contribution in [1.29, 1.82) is 0 Å². The van der Waals surface area contributed by atoms with Crippen molar-refractivity contribution < 1.29 is 22.8 Å². The lowest BCUT2D eigenvalue weighted by Gasteiger charge is -2.28. The SMILES string of the molecule is CCO[Si](CCCOCC1CO1)(OCC)OCC.[CH2]CCS. The lowest BCUT2D eigenvalue weighted by molar-refractivity contribution is 0.0648. The fourth-order valence-corrected chi connectivity index (χ4v) is 4.35. The molecule has 1 heterocycles. The summed E-state index contributed by atoms with van der Waals surface area (Å²) < 4.78 is 27.9. The van der Waals surface area contributed by atoms with Gasteiger partial charge in [-0.05, 0) is 39.4 Å². The molecule has 0 spiro atoms. The summed E-state index contributed by atoms with van der Waals surface area (Å²) >= 11 is 3.86. The zero-order valence-corrected chi connectivity index (χ0v) is 16.2. The Hall–Kier alpha value is 0.367. The molecule has 7 heteroatoms. The molecule has 0 aromatic heterocycles. The van der Waals surface area contributed by atoms with Gasteiger partial charge in [0.05, 0.1) is 13.2 Å². The second-order valence-electron chi connectivity index (χ2n) is 4.69. The van der Waals surface area contributed by atoms with E-state index in [-0.39, 0.29) is 0 Å². The van der Waals surface area contributed by atoms with Crippen molar-refractivity contribution in [2.24, 2.45) is 0 Å². The van der Waals surface area contributed by atoms with Gasteiger partial charge >= 0.3 is 8.80 Å². The normalized spacial score (nSPS) is 17.0. The highest BCUT2D eigenvalue weighted by Gasteiger charge is 2.39. The van der Waals surface area contributed by atoms with Crippen LogP contribution in [0, 0.1) is 6.92 Å². The number of ether oxygens (including phenoxy) is 2. The zero-order chi connectivity index (χ0) is 16.7.